The standard InChI is InChI=1S/C25H27ClN2O3/c1-4-30-24-13-19(15-27-21-7-5-6-20(26)14-21)10-11-23(24)31-16-25(29)28-22-12-17(2)8-9-18(22)3/h5-14,27H,4,15-16H2,1-3H3,(H,28,29). The number of nitrogens with one attached hydrogen (secondary N) is 2. The third kappa shape index (κ3) is 6.66. The third-order valence-corrected chi connectivity index (χ3v) is 4.89. The number of halogens is 1. The lowest BCUT2D eigenvalue weighted by Crippen LogP contribution is -2.21. The van der Waals surface area contributed by atoms with E-state index in [1.807, 2.05) is 81.4 Å². The Morgan fingerprint density at radius 2 is 1.81 bits per heavy atom. The van der Waals surface area contributed by atoms with Crippen molar-refractivity contribution in [1.82, 2.24) is 0 Å². The van der Waals surface area contributed by atoms with E-state index in [2.05, 4.69) is 10.6 Å². The highest BCUT2D eigenvalue weighted by atomic mass is 35.5. The molecule has 5 nitrogen and oxygen atoms in total. The molecule has 162 valence electrons. The van der Waals surface area contributed by atoms with Gasteiger partial charge in [-0.1, -0.05) is 35.9 Å². The van der Waals surface area contributed by atoms with Gasteiger partial charge in [0.05, 0.1) is 6.61 Å². The fraction of sp³-hybridized carbons (Fsp3) is 0.240. The Balaban J connectivity index is 1.62. The lowest BCUT2D eigenvalue weighted by molar-refractivity contribution is -0.118. The lowest BCUT2D eigenvalue weighted by atomic mass is 10.1. The summed E-state index contributed by atoms with van der Waals surface area (Å²) in [5, 5.41) is 6.92. The van der Waals surface area contributed by atoms with Gasteiger partial charge in [0.2, 0.25) is 0 Å². The van der Waals surface area contributed by atoms with E-state index < -0.39 is 0 Å². The second kappa shape index (κ2) is 10.7. The molecule has 0 aliphatic heterocycles. The number of carbonyl (C=O) groups is 1. The molecule has 2 N–H and O–H groups in total. The summed E-state index contributed by atoms with van der Waals surface area (Å²) in [4.78, 5) is 12.4. The van der Waals surface area contributed by atoms with Gasteiger partial charge in [-0.2, -0.15) is 0 Å². The molecule has 0 aliphatic carbocycles. The van der Waals surface area contributed by atoms with Crippen LogP contribution in [0.3, 0.4) is 0 Å². The van der Waals surface area contributed by atoms with Crippen LogP contribution in [0, 0.1) is 13.8 Å². The van der Waals surface area contributed by atoms with Crippen molar-refractivity contribution >= 4 is 28.9 Å². The molecule has 0 saturated heterocycles. The van der Waals surface area contributed by atoms with Gasteiger partial charge in [-0.15, -0.1) is 0 Å². The molecule has 0 radical (unpaired) electrons. The molecule has 0 aliphatic rings. The highest BCUT2D eigenvalue weighted by molar-refractivity contribution is 6.30. The summed E-state index contributed by atoms with van der Waals surface area (Å²) < 4.78 is 11.5. The van der Waals surface area contributed by atoms with Gasteiger partial charge in [0.15, 0.2) is 18.1 Å². The maximum atomic E-state index is 12.4. The largest absolute Gasteiger partial charge is 0.490 e. The van der Waals surface area contributed by atoms with Crippen LogP contribution in [0.5, 0.6) is 11.5 Å². The number of carbonyl (C=O) groups excluding carboxylic acids is 1. The number of rotatable bonds is 9. The highest BCUT2D eigenvalue weighted by Crippen LogP contribution is 2.29. The summed E-state index contributed by atoms with van der Waals surface area (Å²) >= 11 is 6.03. The van der Waals surface area contributed by atoms with Crippen molar-refractivity contribution < 1.29 is 14.3 Å². The molecule has 0 fully saturated rings. The van der Waals surface area contributed by atoms with Crippen molar-refractivity contribution in [2.75, 3.05) is 23.8 Å². The van der Waals surface area contributed by atoms with Gasteiger partial charge in [-0.25, -0.2) is 0 Å². The van der Waals surface area contributed by atoms with Crippen LogP contribution in [0.15, 0.2) is 60.7 Å². The van der Waals surface area contributed by atoms with Crippen LogP contribution >= 0.6 is 11.6 Å². The summed E-state index contributed by atoms with van der Waals surface area (Å²) in [7, 11) is 0. The van der Waals surface area contributed by atoms with E-state index in [9.17, 15) is 4.79 Å². The number of hydrogen-bond donors (Lipinski definition) is 2. The Morgan fingerprint density at radius 1 is 0.968 bits per heavy atom. The quantitative estimate of drug-likeness (QED) is 0.431. The molecule has 0 unspecified atom stereocenters. The molecular weight excluding hydrogens is 412 g/mol. The molecule has 0 saturated carbocycles. The second-order valence-corrected chi connectivity index (χ2v) is 7.67. The molecule has 3 aromatic rings. The number of benzene rings is 3. The van der Waals surface area contributed by atoms with Crippen molar-refractivity contribution in [2.24, 2.45) is 0 Å². The maximum Gasteiger partial charge on any atom is 0.262 e. The monoisotopic (exact) mass is 438 g/mol. The highest BCUT2D eigenvalue weighted by Gasteiger charge is 2.11. The first-order valence-corrected chi connectivity index (χ1v) is 10.6. The number of anilines is 2. The summed E-state index contributed by atoms with van der Waals surface area (Å²) in [6.45, 7) is 6.85. The van der Waals surface area contributed by atoms with Crippen molar-refractivity contribution in [3.05, 3.63) is 82.4 Å². The van der Waals surface area contributed by atoms with Gasteiger partial charge < -0.3 is 20.1 Å². The van der Waals surface area contributed by atoms with Crippen molar-refractivity contribution in [3.8, 4) is 11.5 Å². The summed E-state index contributed by atoms with van der Waals surface area (Å²) in [5.41, 5.74) is 4.85. The average molecular weight is 439 g/mol. The Morgan fingerprint density at radius 3 is 2.58 bits per heavy atom. The summed E-state index contributed by atoms with van der Waals surface area (Å²) in [5.74, 6) is 0.916. The smallest absolute Gasteiger partial charge is 0.262 e. The Labute approximate surface area is 188 Å². The zero-order valence-corrected chi connectivity index (χ0v) is 18.8. The maximum absolute atomic E-state index is 12.4. The minimum absolute atomic E-state index is 0.104. The van der Waals surface area contributed by atoms with Gasteiger partial charge in [0, 0.05) is 22.9 Å². The third-order valence-electron chi connectivity index (χ3n) is 4.66. The Hall–Kier alpha value is -3.18. The topological polar surface area (TPSA) is 59.6 Å². The first kappa shape index (κ1) is 22.5. The SMILES string of the molecule is CCOc1cc(CNc2cccc(Cl)c2)ccc1OCC(=O)Nc1cc(C)ccc1C. The molecule has 0 bridgehead atoms. The number of aryl methyl sites for hydroxylation is 2. The minimum Gasteiger partial charge on any atom is -0.490 e. The van der Waals surface area contributed by atoms with Crippen LogP contribution in [-0.4, -0.2) is 19.1 Å². The first-order chi connectivity index (χ1) is 14.9. The minimum atomic E-state index is -0.220. The van der Waals surface area contributed by atoms with E-state index in [0.717, 1.165) is 28.1 Å². The molecule has 0 spiro atoms. The fourth-order valence-corrected chi connectivity index (χ4v) is 3.24. The number of ether oxygens (including phenoxy) is 2. The van der Waals surface area contributed by atoms with Crippen LogP contribution in [0.2, 0.25) is 5.02 Å². The van der Waals surface area contributed by atoms with Gasteiger partial charge in [-0.05, 0) is 73.9 Å². The molecule has 0 heterocycles. The van der Waals surface area contributed by atoms with Gasteiger partial charge in [0.1, 0.15) is 0 Å². The van der Waals surface area contributed by atoms with Gasteiger partial charge in [-0.3, -0.25) is 4.79 Å². The molecule has 3 aromatic carbocycles. The van der Waals surface area contributed by atoms with Crippen LogP contribution in [0.4, 0.5) is 11.4 Å². The molecule has 0 atom stereocenters. The first-order valence-electron chi connectivity index (χ1n) is 10.2. The van der Waals surface area contributed by atoms with Gasteiger partial charge >= 0.3 is 0 Å². The van der Waals surface area contributed by atoms with Crippen LogP contribution in [0.1, 0.15) is 23.6 Å². The van der Waals surface area contributed by atoms with E-state index in [1.165, 1.54) is 0 Å². The summed E-state index contributed by atoms with van der Waals surface area (Å²) in [6.07, 6.45) is 0. The molecule has 0 aromatic heterocycles. The predicted molar refractivity (Wildman–Crippen MR) is 126 cm³/mol. The number of amides is 1. The van der Waals surface area contributed by atoms with Crippen molar-refractivity contribution in [2.45, 2.75) is 27.3 Å². The normalized spacial score (nSPS) is 10.5. The van der Waals surface area contributed by atoms with E-state index in [0.29, 0.717) is 29.7 Å². The molecule has 6 heteroatoms. The van der Waals surface area contributed by atoms with E-state index >= 15 is 0 Å². The lowest BCUT2D eigenvalue weighted by Gasteiger charge is -2.15. The summed E-state index contributed by atoms with van der Waals surface area (Å²) in [6, 6.07) is 19.2. The fourth-order valence-electron chi connectivity index (χ4n) is 3.05. The van der Waals surface area contributed by atoms with Crippen molar-refractivity contribution in [1.29, 1.82) is 0 Å². The Bertz CT molecular complexity index is 1050. The van der Waals surface area contributed by atoms with E-state index in [-0.39, 0.29) is 12.5 Å². The number of hydrogen-bond acceptors (Lipinski definition) is 4. The predicted octanol–water partition coefficient (Wildman–Crippen LogP) is 5.99. The van der Waals surface area contributed by atoms with E-state index in [4.69, 9.17) is 21.1 Å². The zero-order valence-electron chi connectivity index (χ0n) is 18.0. The second-order valence-electron chi connectivity index (χ2n) is 7.23. The molecule has 31 heavy (non-hydrogen) atoms. The Kier molecular flexibility index (Phi) is 7.79. The van der Waals surface area contributed by atoms with Crippen LogP contribution < -0.4 is 20.1 Å². The molecular formula is C25H27ClN2O3. The zero-order chi connectivity index (χ0) is 22.2. The van der Waals surface area contributed by atoms with E-state index in [1.54, 1.807) is 0 Å². The van der Waals surface area contributed by atoms with Crippen LogP contribution in [0.25, 0.3) is 0 Å². The van der Waals surface area contributed by atoms with Crippen LogP contribution in [-0.2, 0) is 11.3 Å². The van der Waals surface area contributed by atoms with Crippen molar-refractivity contribution in [3.63, 3.8) is 0 Å². The average Bonchev–Trinajstić information content (AvgIpc) is 2.74. The molecule has 1 amide bonds. The molecule has 3 rings (SSSR count). The van der Waals surface area contributed by atoms with Gasteiger partial charge in [0.25, 0.3) is 5.91 Å².